The molecule has 216 valence electrons. The first-order valence-electron chi connectivity index (χ1n) is 12.0. The van der Waals surface area contributed by atoms with Crippen molar-refractivity contribution in [3.05, 3.63) is 59.7 Å². The molecule has 14 heteroatoms. The number of aliphatic carboxylic acids is 1. The molecule has 0 fully saturated rings. The molecule has 3 rings (SSSR count). The van der Waals surface area contributed by atoms with E-state index >= 15 is 0 Å². The highest BCUT2D eigenvalue weighted by molar-refractivity contribution is 6.20. The molecular formula is C26H25F6N3O5. The Morgan fingerprint density at radius 3 is 2.15 bits per heavy atom. The van der Waals surface area contributed by atoms with E-state index in [1.165, 1.54) is 13.2 Å². The van der Waals surface area contributed by atoms with Crippen molar-refractivity contribution in [2.45, 2.75) is 44.2 Å². The Balaban J connectivity index is 2.00. The zero-order valence-electron chi connectivity index (χ0n) is 21.0. The summed E-state index contributed by atoms with van der Waals surface area (Å²) in [6, 6.07) is 13.0. The molecule has 0 radical (unpaired) electrons. The van der Waals surface area contributed by atoms with Gasteiger partial charge in [-0.05, 0) is 31.0 Å². The number of alkyl halides is 6. The smallest absolute Gasteiger partial charge is 0.389 e. The number of nitrogens with zero attached hydrogens (tertiary/aromatic N) is 1. The Bertz CT molecular complexity index is 1260. The van der Waals surface area contributed by atoms with Crippen LogP contribution >= 0.6 is 0 Å². The summed E-state index contributed by atoms with van der Waals surface area (Å²) in [6.45, 7) is 0. The number of carboxylic acids is 1. The van der Waals surface area contributed by atoms with E-state index in [9.17, 15) is 45.8 Å². The van der Waals surface area contributed by atoms with E-state index in [4.69, 9.17) is 4.74 Å². The average molecular weight is 573 g/mol. The molecule has 2 aromatic carbocycles. The van der Waals surface area contributed by atoms with E-state index in [0.717, 1.165) is 0 Å². The standard InChI is InChI=1S/C26H25F6N3O5/c1-40-15-7-8-19-18(13-15)20(14-5-3-2-4-6-14)34-21(23(37)33-19)35-22(36)16(9-11-25(27,28)29)17(24(38)39)10-12-26(30,31)32/h2-8,13,16-17,21H,9-12H2,1H3,(H,33,37)(H,35,36)(H,38,39)/t16-,17+,21?/m1/s1. The van der Waals surface area contributed by atoms with Crippen LogP contribution in [0.2, 0.25) is 0 Å². The van der Waals surface area contributed by atoms with E-state index < -0.39 is 73.8 Å². The molecule has 0 saturated heterocycles. The van der Waals surface area contributed by atoms with Crippen LogP contribution in [-0.4, -0.2) is 54.2 Å². The van der Waals surface area contributed by atoms with Crippen molar-refractivity contribution in [2.24, 2.45) is 16.8 Å². The van der Waals surface area contributed by atoms with E-state index in [0.29, 0.717) is 16.9 Å². The normalized spacial score (nSPS) is 17.0. The lowest BCUT2D eigenvalue weighted by atomic mass is 9.84. The monoisotopic (exact) mass is 573 g/mol. The number of benzene rings is 2. The second kappa shape index (κ2) is 12.4. The predicted molar refractivity (Wildman–Crippen MR) is 131 cm³/mol. The third-order valence-electron chi connectivity index (χ3n) is 6.19. The van der Waals surface area contributed by atoms with Crippen molar-refractivity contribution in [1.29, 1.82) is 0 Å². The minimum Gasteiger partial charge on any atom is -0.497 e. The van der Waals surface area contributed by atoms with Gasteiger partial charge in [-0.1, -0.05) is 30.3 Å². The molecule has 2 amide bonds. The lowest BCUT2D eigenvalue weighted by molar-refractivity contribution is -0.159. The Kier molecular flexibility index (Phi) is 9.43. The number of carbonyl (C=O) groups excluding carboxylic acids is 2. The molecule has 1 aliphatic rings. The van der Waals surface area contributed by atoms with Gasteiger partial charge >= 0.3 is 18.3 Å². The van der Waals surface area contributed by atoms with Crippen LogP contribution in [0.4, 0.5) is 32.0 Å². The maximum atomic E-state index is 13.2. The van der Waals surface area contributed by atoms with Crippen molar-refractivity contribution < 1.29 is 50.6 Å². The Morgan fingerprint density at radius 2 is 1.60 bits per heavy atom. The van der Waals surface area contributed by atoms with Gasteiger partial charge in [0.15, 0.2) is 0 Å². The first kappa shape index (κ1) is 30.4. The first-order chi connectivity index (χ1) is 18.7. The molecule has 40 heavy (non-hydrogen) atoms. The van der Waals surface area contributed by atoms with E-state index in [1.807, 2.05) is 0 Å². The number of aliphatic imine (C=N–C) groups is 1. The number of rotatable bonds is 10. The van der Waals surface area contributed by atoms with Crippen LogP contribution < -0.4 is 15.4 Å². The summed E-state index contributed by atoms with van der Waals surface area (Å²) in [5.74, 6) is -7.85. The lowest BCUT2D eigenvalue weighted by Crippen LogP contribution is -2.47. The fourth-order valence-electron chi connectivity index (χ4n) is 4.23. The van der Waals surface area contributed by atoms with Crippen LogP contribution in [0, 0.1) is 11.8 Å². The van der Waals surface area contributed by atoms with Crippen molar-refractivity contribution >= 4 is 29.2 Å². The highest BCUT2D eigenvalue weighted by Crippen LogP contribution is 2.33. The van der Waals surface area contributed by atoms with Crippen LogP contribution in [0.25, 0.3) is 0 Å². The summed E-state index contributed by atoms with van der Waals surface area (Å²) in [5.41, 5.74) is 1.34. The zero-order chi connectivity index (χ0) is 29.7. The highest BCUT2D eigenvalue weighted by atomic mass is 19.4. The van der Waals surface area contributed by atoms with Crippen LogP contribution in [0.3, 0.4) is 0 Å². The molecule has 0 bridgehead atoms. The van der Waals surface area contributed by atoms with Gasteiger partial charge in [-0.25, -0.2) is 4.99 Å². The van der Waals surface area contributed by atoms with Gasteiger partial charge < -0.3 is 20.5 Å². The molecule has 1 unspecified atom stereocenters. The fraction of sp³-hybridized carbons (Fsp3) is 0.385. The molecule has 1 aliphatic heterocycles. The number of ether oxygens (including phenoxy) is 1. The number of benzodiazepines with no additional fused rings is 1. The second-order valence-corrected chi connectivity index (χ2v) is 9.01. The number of carbonyl (C=O) groups is 3. The van der Waals surface area contributed by atoms with Crippen molar-refractivity contribution in [2.75, 3.05) is 12.4 Å². The van der Waals surface area contributed by atoms with Crippen molar-refractivity contribution in [3.8, 4) is 5.75 Å². The number of anilines is 1. The van der Waals surface area contributed by atoms with E-state index in [1.54, 1.807) is 42.5 Å². The van der Waals surface area contributed by atoms with Gasteiger partial charge in [-0.15, -0.1) is 0 Å². The molecule has 8 nitrogen and oxygen atoms in total. The van der Waals surface area contributed by atoms with Gasteiger partial charge in [0.25, 0.3) is 5.91 Å². The number of carboxylic acid groups (broad SMARTS) is 1. The summed E-state index contributed by atoms with van der Waals surface area (Å²) >= 11 is 0. The minimum atomic E-state index is -4.81. The topological polar surface area (TPSA) is 117 Å². The Hall–Kier alpha value is -4.10. The van der Waals surface area contributed by atoms with Crippen molar-refractivity contribution in [1.82, 2.24) is 5.32 Å². The molecule has 1 heterocycles. The molecule has 0 spiro atoms. The lowest BCUT2D eigenvalue weighted by Gasteiger charge is -2.25. The van der Waals surface area contributed by atoms with Gasteiger partial charge in [0.1, 0.15) is 5.75 Å². The van der Waals surface area contributed by atoms with Gasteiger partial charge in [0.05, 0.1) is 30.3 Å². The van der Waals surface area contributed by atoms with E-state index in [2.05, 4.69) is 15.6 Å². The van der Waals surface area contributed by atoms with Gasteiger partial charge in [0.2, 0.25) is 12.1 Å². The van der Waals surface area contributed by atoms with Crippen LogP contribution in [0.5, 0.6) is 5.75 Å². The quantitative estimate of drug-likeness (QED) is 0.349. The number of nitrogens with one attached hydrogen (secondary N) is 2. The minimum absolute atomic E-state index is 0.192. The van der Waals surface area contributed by atoms with Gasteiger partial charge in [0, 0.05) is 24.0 Å². The maximum absolute atomic E-state index is 13.2. The summed E-state index contributed by atoms with van der Waals surface area (Å²) in [7, 11) is 1.41. The van der Waals surface area contributed by atoms with Crippen LogP contribution in [-0.2, 0) is 14.4 Å². The molecule has 0 aromatic heterocycles. The number of halogens is 6. The summed E-state index contributed by atoms with van der Waals surface area (Å²) in [5, 5.41) is 14.2. The van der Waals surface area contributed by atoms with E-state index in [-0.39, 0.29) is 11.4 Å². The third kappa shape index (κ3) is 8.20. The largest absolute Gasteiger partial charge is 0.497 e. The van der Waals surface area contributed by atoms with Crippen LogP contribution in [0.1, 0.15) is 36.8 Å². The van der Waals surface area contributed by atoms with Gasteiger partial charge in [-0.2, -0.15) is 26.3 Å². The molecular weight excluding hydrogens is 548 g/mol. The number of fused-ring (bicyclic) bond motifs is 1. The summed E-state index contributed by atoms with van der Waals surface area (Å²) in [6.07, 6.45) is -16.8. The SMILES string of the molecule is COc1ccc2c(c1)C(c1ccccc1)=NC(NC(=O)[C@H](CCC(F)(F)F)[C@H](CCC(F)(F)F)C(=O)O)C(=O)N2. The Labute approximate surface area is 224 Å². The number of methoxy groups -OCH3 is 1. The van der Waals surface area contributed by atoms with Crippen molar-refractivity contribution in [3.63, 3.8) is 0 Å². The Morgan fingerprint density at radius 1 is 1.00 bits per heavy atom. The van der Waals surface area contributed by atoms with Gasteiger partial charge in [-0.3, -0.25) is 14.4 Å². The predicted octanol–water partition coefficient (Wildman–Crippen LogP) is 4.93. The number of hydrogen-bond donors (Lipinski definition) is 3. The average Bonchev–Trinajstić information content (AvgIpc) is 3.00. The fourth-order valence-corrected chi connectivity index (χ4v) is 4.23. The highest BCUT2D eigenvalue weighted by Gasteiger charge is 2.41. The zero-order valence-corrected chi connectivity index (χ0v) is 21.0. The molecule has 3 N–H and O–H groups in total. The number of hydrogen-bond acceptors (Lipinski definition) is 5. The number of amides is 2. The summed E-state index contributed by atoms with van der Waals surface area (Å²) < 4.78 is 82.7. The third-order valence-corrected chi connectivity index (χ3v) is 6.19. The second-order valence-electron chi connectivity index (χ2n) is 9.01. The first-order valence-corrected chi connectivity index (χ1v) is 12.0. The van der Waals surface area contributed by atoms with Crippen LogP contribution in [0.15, 0.2) is 53.5 Å². The molecule has 2 aromatic rings. The molecule has 3 atom stereocenters. The summed E-state index contributed by atoms with van der Waals surface area (Å²) in [4.78, 5) is 42.3. The molecule has 0 aliphatic carbocycles. The molecule has 0 saturated carbocycles. The maximum Gasteiger partial charge on any atom is 0.389 e.